The highest BCUT2D eigenvalue weighted by Crippen LogP contribution is 2.27. The van der Waals surface area contributed by atoms with Crippen LogP contribution in [0, 0.1) is 0 Å². The Balaban J connectivity index is 1.42. The van der Waals surface area contributed by atoms with Gasteiger partial charge in [-0.2, -0.15) is 4.98 Å². The maximum absolute atomic E-state index is 12.7. The number of aromatic nitrogens is 3. The first-order chi connectivity index (χ1) is 14.9. The van der Waals surface area contributed by atoms with Crippen LogP contribution in [0.4, 0.5) is 14.7 Å². The zero-order chi connectivity index (χ0) is 22.0. The van der Waals surface area contributed by atoms with E-state index in [1.807, 2.05) is 36.7 Å². The van der Waals surface area contributed by atoms with E-state index in [2.05, 4.69) is 15.4 Å². The number of anilines is 1. The maximum atomic E-state index is 12.7. The van der Waals surface area contributed by atoms with Crippen LogP contribution in [0.2, 0.25) is 0 Å². The van der Waals surface area contributed by atoms with Gasteiger partial charge in [-0.25, -0.2) is 13.3 Å². The maximum Gasteiger partial charge on any atom is 0.272 e. The number of fused-ring (bicyclic) bond motifs is 1. The molecule has 160 valence electrons. The van der Waals surface area contributed by atoms with Crippen molar-refractivity contribution in [1.82, 2.24) is 19.9 Å². The molecule has 3 aromatic heterocycles. The largest absolute Gasteiger partial charge is 0.488 e. The average molecular weight is 443 g/mol. The first-order valence-corrected chi connectivity index (χ1v) is 10.3. The van der Waals surface area contributed by atoms with E-state index in [0.717, 1.165) is 16.7 Å². The molecule has 0 aliphatic rings. The van der Waals surface area contributed by atoms with Gasteiger partial charge in [-0.05, 0) is 53.8 Å². The number of nitrogens with zero attached hydrogens (tertiary/aromatic N) is 3. The van der Waals surface area contributed by atoms with Crippen LogP contribution < -0.4 is 15.8 Å². The summed E-state index contributed by atoms with van der Waals surface area (Å²) in [5.74, 6) is 0.356. The third kappa shape index (κ3) is 4.80. The number of nitrogen functional groups attached to an aromatic ring is 1. The molecule has 0 aliphatic heterocycles. The predicted octanol–water partition coefficient (Wildman–Crippen LogP) is 4.17. The van der Waals surface area contributed by atoms with E-state index in [4.69, 9.17) is 10.5 Å². The Bertz CT molecular complexity index is 1210. The number of thiophene rings is 1. The standard InChI is InChI=1S/C21H19F2N5O2S/c1-12(13-2-5-16(6-3-13)30-10-18(22)23)25-20(29)17-8-15(11-31-17)14-4-7-19-26-21(24)27-28(19)9-14/h2-9,11-12,18H,10H2,1H3,(H2,24,27)(H,25,29). The molecule has 3 heterocycles. The van der Waals surface area contributed by atoms with E-state index in [1.54, 1.807) is 28.8 Å². The highest BCUT2D eigenvalue weighted by Gasteiger charge is 2.15. The fourth-order valence-corrected chi connectivity index (χ4v) is 3.86. The molecular formula is C21H19F2N5O2S. The number of nitrogens with two attached hydrogens (primary N) is 1. The summed E-state index contributed by atoms with van der Waals surface area (Å²) in [5.41, 5.74) is 8.88. The molecule has 31 heavy (non-hydrogen) atoms. The molecule has 0 saturated carbocycles. The number of hydrogen-bond donors (Lipinski definition) is 2. The normalized spacial score (nSPS) is 12.3. The van der Waals surface area contributed by atoms with Crippen LogP contribution in [0.1, 0.15) is 28.2 Å². The topological polar surface area (TPSA) is 94.5 Å². The van der Waals surface area contributed by atoms with Crippen LogP contribution in [0.25, 0.3) is 16.8 Å². The zero-order valence-electron chi connectivity index (χ0n) is 16.5. The van der Waals surface area contributed by atoms with E-state index < -0.39 is 13.0 Å². The summed E-state index contributed by atoms with van der Waals surface area (Å²) in [7, 11) is 0. The third-order valence-corrected chi connectivity index (χ3v) is 5.54. The molecule has 1 atom stereocenters. The molecule has 0 spiro atoms. The molecule has 0 fully saturated rings. The summed E-state index contributed by atoms with van der Waals surface area (Å²) in [6, 6.07) is 12.0. The molecule has 0 radical (unpaired) electrons. The van der Waals surface area contributed by atoms with Gasteiger partial charge in [-0.3, -0.25) is 4.79 Å². The molecule has 1 unspecified atom stereocenters. The van der Waals surface area contributed by atoms with Gasteiger partial charge >= 0.3 is 0 Å². The Morgan fingerprint density at radius 1 is 1.23 bits per heavy atom. The number of hydrogen-bond acceptors (Lipinski definition) is 6. The van der Waals surface area contributed by atoms with Crippen molar-refractivity contribution in [3.05, 3.63) is 64.5 Å². The first-order valence-electron chi connectivity index (χ1n) is 9.41. The summed E-state index contributed by atoms with van der Waals surface area (Å²) in [6.07, 6.45) is -0.715. The Labute approximate surface area is 180 Å². The molecule has 1 aromatic carbocycles. The van der Waals surface area contributed by atoms with Gasteiger partial charge in [0.2, 0.25) is 5.95 Å². The van der Waals surface area contributed by atoms with Crippen molar-refractivity contribution in [2.75, 3.05) is 12.3 Å². The summed E-state index contributed by atoms with van der Waals surface area (Å²) < 4.78 is 31.0. The number of alkyl halides is 2. The van der Waals surface area contributed by atoms with Crippen LogP contribution in [-0.2, 0) is 0 Å². The van der Waals surface area contributed by atoms with Gasteiger partial charge in [-0.1, -0.05) is 12.1 Å². The van der Waals surface area contributed by atoms with Crippen molar-refractivity contribution in [3.63, 3.8) is 0 Å². The lowest BCUT2D eigenvalue weighted by molar-refractivity contribution is 0.0818. The quantitative estimate of drug-likeness (QED) is 0.447. The van der Waals surface area contributed by atoms with Crippen LogP contribution in [0.5, 0.6) is 5.75 Å². The molecule has 0 aliphatic carbocycles. The number of pyridine rings is 1. The van der Waals surface area contributed by atoms with Crippen LogP contribution >= 0.6 is 11.3 Å². The molecular weight excluding hydrogens is 424 g/mol. The van der Waals surface area contributed by atoms with Gasteiger partial charge in [0.15, 0.2) is 5.65 Å². The van der Waals surface area contributed by atoms with Crippen molar-refractivity contribution in [2.24, 2.45) is 0 Å². The fraction of sp³-hybridized carbons (Fsp3) is 0.190. The van der Waals surface area contributed by atoms with Crippen molar-refractivity contribution >= 4 is 28.8 Å². The second kappa shape index (κ2) is 8.68. The molecule has 3 N–H and O–H groups in total. The first kappa shape index (κ1) is 20.7. The highest BCUT2D eigenvalue weighted by atomic mass is 32.1. The second-order valence-corrected chi connectivity index (χ2v) is 7.77. The van der Waals surface area contributed by atoms with Gasteiger partial charge in [0.05, 0.1) is 10.9 Å². The number of amides is 1. The van der Waals surface area contributed by atoms with Gasteiger partial charge < -0.3 is 15.8 Å². The van der Waals surface area contributed by atoms with Crippen LogP contribution in [0.3, 0.4) is 0 Å². The fourth-order valence-electron chi connectivity index (χ4n) is 3.04. The number of nitrogens with one attached hydrogen (secondary N) is 1. The minimum Gasteiger partial charge on any atom is -0.488 e. The lowest BCUT2D eigenvalue weighted by Crippen LogP contribution is -2.25. The van der Waals surface area contributed by atoms with E-state index in [1.165, 1.54) is 11.3 Å². The average Bonchev–Trinajstić information content (AvgIpc) is 3.38. The number of halogens is 2. The molecule has 4 rings (SSSR count). The second-order valence-electron chi connectivity index (χ2n) is 6.86. The number of ether oxygens (including phenoxy) is 1. The van der Waals surface area contributed by atoms with Crippen molar-refractivity contribution in [2.45, 2.75) is 19.4 Å². The molecule has 4 aromatic rings. The van der Waals surface area contributed by atoms with Gasteiger partial charge in [0.25, 0.3) is 12.3 Å². The predicted molar refractivity (Wildman–Crippen MR) is 115 cm³/mol. The van der Waals surface area contributed by atoms with Gasteiger partial charge in [0, 0.05) is 11.8 Å². The minimum absolute atomic E-state index is 0.199. The monoisotopic (exact) mass is 443 g/mol. The Morgan fingerprint density at radius 3 is 2.74 bits per heavy atom. The minimum atomic E-state index is -2.52. The van der Waals surface area contributed by atoms with Crippen molar-refractivity contribution < 1.29 is 18.3 Å². The number of carbonyl (C=O) groups is 1. The number of carbonyl (C=O) groups excluding carboxylic acids is 1. The summed E-state index contributed by atoms with van der Waals surface area (Å²) >= 11 is 1.34. The van der Waals surface area contributed by atoms with E-state index in [-0.39, 0.29) is 17.9 Å². The van der Waals surface area contributed by atoms with E-state index in [9.17, 15) is 13.6 Å². The van der Waals surface area contributed by atoms with Crippen LogP contribution in [-0.4, -0.2) is 33.5 Å². The third-order valence-electron chi connectivity index (χ3n) is 4.61. The Kier molecular flexibility index (Phi) is 5.81. The zero-order valence-corrected chi connectivity index (χ0v) is 17.3. The SMILES string of the molecule is CC(NC(=O)c1cc(-c2ccc3nc(N)nn3c2)cs1)c1ccc(OCC(F)F)cc1. The van der Waals surface area contributed by atoms with E-state index >= 15 is 0 Å². The number of benzene rings is 1. The summed E-state index contributed by atoms with van der Waals surface area (Å²) in [6.45, 7) is 1.20. The Hall–Kier alpha value is -3.53. The van der Waals surface area contributed by atoms with Crippen LogP contribution in [0.15, 0.2) is 54.0 Å². The van der Waals surface area contributed by atoms with E-state index in [0.29, 0.717) is 16.3 Å². The smallest absolute Gasteiger partial charge is 0.272 e. The van der Waals surface area contributed by atoms with Crippen molar-refractivity contribution in [3.8, 4) is 16.9 Å². The molecule has 1 amide bonds. The molecule has 0 bridgehead atoms. The highest BCUT2D eigenvalue weighted by molar-refractivity contribution is 7.12. The summed E-state index contributed by atoms with van der Waals surface area (Å²) in [5, 5.41) is 8.95. The molecule has 7 nitrogen and oxygen atoms in total. The molecule has 0 saturated heterocycles. The van der Waals surface area contributed by atoms with Gasteiger partial charge in [-0.15, -0.1) is 16.4 Å². The number of rotatable bonds is 7. The summed E-state index contributed by atoms with van der Waals surface area (Å²) in [4.78, 5) is 17.3. The molecule has 10 heteroatoms. The Morgan fingerprint density at radius 2 is 2.00 bits per heavy atom. The lowest BCUT2D eigenvalue weighted by atomic mass is 10.1. The van der Waals surface area contributed by atoms with Gasteiger partial charge in [0.1, 0.15) is 12.4 Å². The van der Waals surface area contributed by atoms with Crippen molar-refractivity contribution in [1.29, 1.82) is 0 Å². The lowest BCUT2D eigenvalue weighted by Gasteiger charge is -2.14.